The van der Waals surface area contributed by atoms with E-state index < -0.39 is 0 Å². The molecule has 0 saturated heterocycles. The molecule has 1 saturated carbocycles. The summed E-state index contributed by atoms with van der Waals surface area (Å²) in [5.41, 5.74) is 3.06. The van der Waals surface area contributed by atoms with Gasteiger partial charge in [0.25, 0.3) is 0 Å². The average molecular weight is 417 g/mol. The average Bonchev–Trinajstić information content (AvgIpc) is 2.67. The first-order valence-corrected chi connectivity index (χ1v) is 9.94. The molecule has 0 radical (unpaired) electrons. The molecule has 1 N–H and O–H groups in total. The SMILES string of the molecule is COC(=O)c1ccc(NC(c2ccc(Br)cc2C)C2CCCCC2)nc1. The van der Waals surface area contributed by atoms with Crippen LogP contribution in [0.2, 0.25) is 0 Å². The van der Waals surface area contributed by atoms with Gasteiger partial charge in [-0.05, 0) is 61.1 Å². The molecule has 138 valence electrons. The number of anilines is 1. The number of carbonyl (C=O) groups is 1. The van der Waals surface area contributed by atoms with Gasteiger partial charge in [0.15, 0.2) is 0 Å². The van der Waals surface area contributed by atoms with E-state index in [1.165, 1.54) is 50.3 Å². The van der Waals surface area contributed by atoms with Crippen LogP contribution >= 0.6 is 15.9 Å². The predicted octanol–water partition coefficient (Wildman–Crippen LogP) is 5.67. The van der Waals surface area contributed by atoms with E-state index in [0.29, 0.717) is 11.5 Å². The van der Waals surface area contributed by atoms with Crippen molar-refractivity contribution in [2.24, 2.45) is 5.92 Å². The maximum Gasteiger partial charge on any atom is 0.339 e. The lowest BCUT2D eigenvalue weighted by atomic mass is 9.80. The zero-order chi connectivity index (χ0) is 18.5. The Morgan fingerprint density at radius 3 is 2.62 bits per heavy atom. The highest BCUT2D eigenvalue weighted by Crippen LogP contribution is 2.38. The van der Waals surface area contributed by atoms with Crippen molar-refractivity contribution in [3.05, 3.63) is 57.7 Å². The monoisotopic (exact) mass is 416 g/mol. The largest absolute Gasteiger partial charge is 0.465 e. The van der Waals surface area contributed by atoms with Gasteiger partial charge in [-0.1, -0.05) is 41.3 Å². The van der Waals surface area contributed by atoms with Crippen LogP contribution in [0.25, 0.3) is 0 Å². The third kappa shape index (κ3) is 4.44. The normalized spacial score (nSPS) is 16.1. The summed E-state index contributed by atoms with van der Waals surface area (Å²) >= 11 is 3.56. The van der Waals surface area contributed by atoms with Crippen LogP contribution in [0.15, 0.2) is 41.0 Å². The van der Waals surface area contributed by atoms with Gasteiger partial charge in [0.1, 0.15) is 5.82 Å². The zero-order valence-corrected chi connectivity index (χ0v) is 16.9. The summed E-state index contributed by atoms with van der Waals surface area (Å²) in [4.78, 5) is 16.0. The molecule has 0 bridgehead atoms. The van der Waals surface area contributed by atoms with E-state index in [-0.39, 0.29) is 12.0 Å². The van der Waals surface area contributed by atoms with Gasteiger partial charge in [-0.25, -0.2) is 9.78 Å². The maximum atomic E-state index is 11.6. The molecule has 26 heavy (non-hydrogen) atoms. The number of nitrogens with zero attached hydrogens (tertiary/aromatic N) is 1. The van der Waals surface area contributed by atoms with Crippen molar-refractivity contribution in [1.29, 1.82) is 0 Å². The molecular weight excluding hydrogens is 392 g/mol. The molecule has 1 unspecified atom stereocenters. The molecule has 1 aliphatic carbocycles. The van der Waals surface area contributed by atoms with Crippen molar-refractivity contribution < 1.29 is 9.53 Å². The number of ether oxygens (including phenoxy) is 1. The van der Waals surface area contributed by atoms with Crippen molar-refractivity contribution in [2.45, 2.75) is 45.1 Å². The number of esters is 1. The van der Waals surface area contributed by atoms with E-state index in [1.807, 2.05) is 6.07 Å². The Hall–Kier alpha value is -1.88. The van der Waals surface area contributed by atoms with Crippen molar-refractivity contribution in [3.8, 4) is 0 Å². The molecule has 1 heterocycles. The quantitative estimate of drug-likeness (QED) is 0.637. The van der Waals surface area contributed by atoms with Gasteiger partial charge < -0.3 is 10.1 Å². The molecule has 0 amide bonds. The topological polar surface area (TPSA) is 51.2 Å². The first-order chi connectivity index (χ1) is 12.6. The van der Waals surface area contributed by atoms with Gasteiger partial charge in [-0.15, -0.1) is 0 Å². The van der Waals surface area contributed by atoms with Gasteiger partial charge in [-0.2, -0.15) is 0 Å². The summed E-state index contributed by atoms with van der Waals surface area (Å²) in [6.45, 7) is 2.16. The highest BCUT2D eigenvalue weighted by molar-refractivity contribution is 9.10. The van der Waals surface area contributed by atoms with Crippen LogP contribution in [0, 0.1) is 12.8 Å². The van der Waals surface area contributed by atoms with Gasteiger partial charge in [-0.3, -0.25) is 0 Å². The third-order valence-electron chi connectivity index (χ3n) is 5.18. The summed E-state index contributed by atoms with van der Waals surface area (Å²) in [6.07, 6.45) is 7.93. The molecule has 5 heteroatoms. The number of carbonyl (C=O) groups excluding carboxylic acids is 1. The minimum absolute atomic E-state index is 0.222. The minimum Gasteiger partial charge on any atom is -0.465 e. The highest BCUT2D eigenvalue weighted by atomic mass is 79.9. The lowest BCUT2D eigenvalue weighted by molar-refractivity contribution is 0.0600. The standard InChI is InChI=1S/C21H25BrN2O2/c1-14-12-17(22)9-10-18(14)20(15-6-4-3-5-7-15)24-19-11-8-16(13-23-19)21(25)26-2/h8-13,15,20H,3-7H2,1-2H3,(H,23,24). The summed E-state index contributed by atoms with van der Waals surface area (Å²) in [6, 6.07) is 10.3. The van der Waals surface area contributed by atoms with Gasteiger partial charge in [0, 0.05) is 10.7 Å². The van der Waals surface area contributed by atoms with E-state index in [4.69, 9.17) is 4.74 Å². The minimum atomic E-state index is -0.364. The lowest BCUT2D eigenvalue weighted by Crippen LogP contribution is -2.24. The second kappa shape index (κ2) is 8.67. The molecule has 4 nitrogen and oxygen atoms in total. The molecule has 1 fully saturated rings. The number of aryl methyl sites for hydroxylation is 1. The fraction of sp³-hybridized carbons (Fsp3) is 0.429. The number of nitrogens with one attached hydrogen (secondary N) is 1. The number of hydrogen-bond donors (Lipinski definition) is 1. The van der Waals surface area contributed by atoms with Crippen LogP contribution in [0.3, 0.4) is 0 Å². The second-order valence-corrected chi connectivity index (χ2v) is 7.86. The Kier molecular flexibility index (Phi) is 6.30. The first kappa shape index (κ1) is 18.9. The van der Waals surface area contributed by atoms with E-state index in [1.54, 1.807) is 12.3 Å². The lowest BCUT2D eigenvalue weighted by Gasteiger charge is -2.32. The molecule has 0 spiro atoms. The van der Waals surface area contributed by atoms with Crippen LogP contribution in [0.1, 0.15) is 59.6 Å². The number of methoxy groups -OCH3 is 1. The molecule has 1 aromatic heterocycles. The number of rotatable bonds is 5. The Balaban J connectivity index is 1.86. The van der Waals surface area contributed by atoms with Crippen molar-refractivity contribution in [2.75, 3.05) is 12.4 Å². The van der Waals surface area contributed by atoms with Gasteiger partial charge in [0.2, 0.25) is 0 Å². The van der Waals surface area contributed by atoms with Crippen molar-refractivity contribution >= 4 is 27.7 Å². The highest BCUT2D eigenvalue weighted by Gasteiger charge is 2.26. The van der Waals surface area contributed by atoms with Crippen LogP contribution in [-0.4, -0.2) is 18.1 Å². The smallest absolute Gasteiger partial charge is 0.339 e. The maximum absolute atomic E-state index is 11.6. The van der Waals surface area contributed by atoms with E-state index in [0.717, 1.165) is 10.3 Å². The number of benzene rings is 1. The summed E-state index contributed by atoms with van der Waals surface area (Å²) in [5, 5.41) is 3.63. The Bertz CT molecular complexity index is 755. The molecule has 0 aliphatic heterocycles. The number of hydrogen-bond acceptors (Lipinski definition) is 4. The van der Waals surface area contributed by atoms with Crippen LogP contribution in [0.5, 0.6) is 0 Å². The summed E-state index contributed by atoms with van der Waals surface area (Å²) in [5.74, 6) is 1.01. The van der Waals surface area contributed by atoms with Crippen LogP contribution in [-0.2, 0) is 4.74 Å². The molecule has 3 rings (SSSR count). The number of halogens is 1. The second-order valence-electron chi connectivity index (χ2n) is 6.94. The Morgan fingerprint density at radius 2 is 2.00 bits per heavy atom. The first-order valence-electron chi connectivity index (χ1n) is 9.15. The van der Waals surface area contributed by atoms with E-state index in [2.05, 4.69) is 51.4 Å². The fourth-order valence-corrected chi connectivity index (χ4v) is 4.26. The molecule has 1 aliphatic rings. The van der Waals surface area contributed by atoms with E-state index in [9.17, 15) is 4.79 Å². The predicted molar refractivity (Wildman–Crippen MR) is 107 cm³/mol. The molecule has 1 aromatic carbocycles. The number of pyridine rings is 1. The fourth-order valence-electron chi connectivity index (χ4n) is 3.78. The Morgan fingerprint density at radius 1 is 1.23 bits per heavy atom. The zero-order valence-electron chi connectivity index (χ0n) is 15.3. The van der Waals surface area contributed by atoms with E-state index >= 15 is 0 Å². The molecule has 2 aromatic rings. The van der Waals surface area contributed by atoms with Crippen LogP contribution in [0.4, 0.5) is 5.82 Å². The van der Waals surface area contributed by atoms with Crippen LogP contribution < -0.4 is 5.32 Å². The summed E-state index contributed by atoms with van der Waals surface area (Å²) in [7, 11) is 1.38. The van der Waals surface area contributed by atoms with Crippen molar-refractivity contribution in [1.82, 2.24) is 4.98 Å². The van der Waals surface area contributed by atoms with Crippen molar-refractivity contribution in [3.63, 3.8) is 0 Å². The van der Waals surface area contributed by atoms with Gasteiger partial charge >= 0.3 is 5.97 Å². The third-order valence-corrected chi connectivity index (χ3v) is 5.67. The molecule has 1 atom stereocenters. The van der Waals surface area contributed by atoms with Gasteiger partial charge in [0.05, 0.1) is 18.7 Å². The molecular formula is C21H25BrN2O2. The Labute approximate surface area is 163 Å². The number of aromatic nitrogens is 1. The summed E-state index contributed by atoms with van der Waals surface area (Å²) < 4.78 is 5.84.